The van der Waals surface area contributed by atoms with Gasteiger partial charge in [-0.15, -0.1) is 0 Å². The molecule has 0 amide bonds. The monoisotopic (exact) mass is 291 g/mol. The van der Waals surface area contributed by atoms with Crippen LogP contribution in [0.4, 0.5) is 0 Å². The Morgan fingerprint density at radius 3 is 2.67 bits per heavy atom. The third-order valence-electron chi connectivity index (χ3n) is 4.20. The van der Waals surface area contributed by atoms with Crippen LogP contribution < -0.4 is 10.1 Å². The lowest BCUT2D eigenvalue weighted by Crippen LogP contribution is -2.44. The summed E-state index contributed by atoms with van der Waals surface area (Å²) in [5, 5.41) is 3.31. The number of para-hydroxylation sites is 1. The van der Waals surface area contributed by atoms with E-state index in [1.165, 1.54) is 0 Å². The number of hydrogen-bond donors (Lipinski definition) is 1. The third-order valence-corrected chi connectivity index (χ3v) is 4.20. The Labute approximate surface area is 126 Å². The van der Waals surface area contributed by atoms with Crippen molar-refractivity contribution in [3.8, 4) is 5.75 Å². The van der Waals surface area contributed by atoms with E-state index in [9.17, 15) is 4.79 Å². The van der Waals surface area contributed by atoms with Gasteiger partial charge in [0.15, 0.2) is 0 Å². The second-order valence-corrected chi connectivity index (χ2v) is 5.61. The normalized spacial score (nSPS) is 17.2. The lowest BCUT2D eigenvalue weighted by molar-refractivity contribution is -0.158. The fourth-order valence-electron chi connectivity index (χ4n) is 2.82. The first-order valence-corrected chi connectivity index (χ1v) is 7.74. The van der Waals surface area contributed by atoms with Crippen LogP contribution in [0.25, 0.3) is 0 Å². The molecule has 4 nitrogen and oxygen atoms in total. The Bertz CT molecular complexity index is 467. The minimum Gasteiger partial charge on any atom is -0.493 e. The van der Waals surface area contributed by atoms with E-state index >= 15 is 0 Å². The number of hydrogen-bond acceptors (Lipinski definition) is 4. The zero-order chi connectivity index (χ0) is 15.1. The van der Waals surface area contributed by atoms with Crippen LogP contribution in [-0.4, -0.2) is 32.3 Å². The van der Waals surface area contributed by atoms with E-state index in [2.05, 4.69) is 5.32 Å². The molecule has 0 atom stereocenters. The largest absolute Gasteiger partial charge is 0.493 e. The smallest absolute Gasteiger partial charge is 0.312 e. The van der Waals surface area contributed by atoms with Gasteiger partial charge in [0.05, 0.1) is 18.6 Å². The molecule has 0 unspecified atom stereocenters. The molecule has 0 radical (unpaired) electrons. The van der Waals surface area contributed by atoms with Crippen molar-refractivity contribution in [1.82, 2.24) is 5.32 Å². The zero-order valence-electron chi connectivity index (χ0n) is 13.0. The summed E-state index contributed by atoms with van der Waals surface area (Å²) < 4.78 is 11.2. The second kappa shape index (κ2) is 7.46. The van der Waals surface area contributed by atoms with Gasteiger partial charge in [-0.2, -0.15) is 0 Å². The van der Waals surface area contributed by atoms with Crippen molar-refractivity contribution in [2.24, 2.45) is 5.41 Å². The number of aryl methyl sites for hydroxylation is 1. The number of nitrogens with one attached hydrogen (secondary N) is 1. The highest BCUT2D eigenvalue weighted by molar-refractivity contribution is 5.77. The topological polar surface area (TPSA) is 47.6 Å². The average molecular weight is 291 g/mol. The van der Waals surface area contributed by atoms with Crippen LogP contribution in [0.3, 0.4) is 0 Å². The molecule has 1 N–H and O–H groups in total. The Hall–Kier alpha value is -1.55. The van der Waals surface area contributed by atoms with Gasteiger partial charge < -0.3 is 14.8 Å². The lowest BCUT2D eigenvalue weighted by atomic mass is 9.76. The molecule has 0 spiro atoms. The van der Waals surface area contributed by atoms with Gasteiger partial charge in [0, 0.05) is 0 Å². The lowest BCUT2D eigenvalue weighted by Gasteiger charge is -2.35. The molecule has 1 saturated heterocycles. The Morgan fingerprint density at radius 2 is 2.00 bits per heavy atom. The van der Waals surface area contributed by atoms with Crippen molar-refractivity contribution in [3.63, 3.8) is 0 Å². The summed E-state index contributed by atoms with van der Waals surface area (Å²) >= 11 is 0. The zero-order valence-corrected chi connectivity index (χ0v) is 13.0. The van der Waals surface area contributed by atoms with E-state index in [4.69, 9.17) is 9.47 Å². The minimum absolute atomic E-state index is 0.0696. The van der Waals surface area contributed by atoms with E-state index in [-0.39, 0.29) is 11.4 Å². The molecule has 4 heteroatoms. The van der Waals surface area contributed by atoms with E-state index < -0.39 is 0 Å². The Kier molecular flexibility index (Phi) is 5.62. The average Bonchev–Trinajstić information content (AvgIpc) is 2.50. The third kappa shape index (κ3) is 3.97. The first-order valence-electron chi connectivity index (χ1n) is 7.74. The molecule has 0 saturated carbocycles. The van der Waals surface area contributed by atoms with E-state index in [1.54, 1.807) is 0 Å². The van der Waals surface area contributed by atoms with Crippen LogP contribution in [0.15, 0.2) is 24.3 Å². The predicted octanol–water partition coefficient (Wildman–Crippen LogP) is 2.70. The standard InChI is InChI=1S/C17H25NO3/c1-3-20-16(19)17(8-11-18-12-9-17)10-13-21-15-7-5-4-6-14(15)2/h4-7,18H,3,8-13H2,1-2H3. The Balaban J connectivity index is 1.96. The van der Waals surface area contributed by atoms with Crippen LogP contribution in [0.5, 0.6) is 5.75 Å². The highest BCUT2D eigenvalue weighted by Crippen LogP contribution is 2.34. The highest BCUT2D eigenvalue weighted by Gasteiger charge is 2.40. The van der Waals surface area contributed by atoms with Gasteiger partial charge in [0.2, 0.25) is 0 Å². The first-order chi connectivity index (χ1) is 10.2. The van der Waals surface area contributed by atoms with Crippen LogP contribution in [0.1, 0.15) is 31.7 Å². The summed E-state index contributed by atoms with van der Waals surface area (Å²) in [6, 6.07) is 7.96. The van der Waals surface area contributed by atoms with Gasteiger partial charge in [-0.25, -0.2) is 0 Å². The van der Waals surface area contributed by atoms with Crippen LogP contribution in [0, 0.1) is 12.3 Å². The first kappa shape index (κ1) is 15.8. The number of benzene rings is 1. The molecular weight excluding hydrogens is 266 g/mol. The summed E-state index contributed by atoms with van der Waals surface area (Å²) in [5.41, 5.74) is 0.734. The van der Waals surface area contributed by atoms with E-state index in [0.717, 1.165) is 37.2 Å². The molecule has 21 heavy (non-hydrogen) atoms. The molecule has 1 aliphatic heterocycles. The van der Waals surface area contributed by atoms with Crippen LogP contribution >= 0.6 is 0 Å². The van der Waals surface area contributed by atoms with Crippen LogP contribution in [0.2, 0.25) is 0 Å². The van der Waals surface area contributed by atoms with Crippen molar-refractivity contribution < 1.29 is 14.3 Å². The predicted molar refractivity (Wildman–Crippen MR) is 82.5 cm³/mol. The molecule has 1 heterocycles. The minimum atomic E-state index is -0.385. The number of piperidine rings is 1. The molecule has 1 aromatic rings. The van der Waals surface area contributed by atoms with Gasteiger partial charge >= 0.3 is 5.97 Å². The maximum absolute atomic E-state index is 12.3. The molecular formula is C17H25NO3. The van der Waals surface area contributed by atoms with Crippen molar-refractivity contribution in [2.45, 2.75) is 33.1 Å². The maximum atomic E-state index is 12.3. The quantitative estimate of drug-likeness (QED) is 0.819. The molecule has 1 aliphatic rings. The SMILES string of the molecule is CCOC(=O)C1(CCOc2ccccc2C)CCNCC1. The van der Waals surface area contributed by atoms with Crippen molar-refractivity contribution in [3.05, 3.63) is 29.8 Å². The van der Waals surface area contributed by atoms with Gasteiger partial charge in [-0.1, -0.05) is 18.2 Å². The van der Waals surface area contributed by atoms with E-state index in [0.29, 0.717) is 19.6 Å². The van der Waals surface area contributed by atoms with Crippen molar-refractivity contribution >= 4 is 5.97 Å². The summed E-state index contributed by atoms with van der Waals surface area (Å²) in [7, 11) is 0. The molecule has 0 aromatic heterocycles. The maximum Gasteiger partial charge on any atom is 0.312 e. The van der Waals surface area contributed by atoms with Crippen molar-refractivity contribution in [2.75, 3.05) is 26.3 Å². The fraction of sp³-hybridized carbons (Fsp3) is 0.588. The Morgan fingerprint density at radius 1 is 1.29 bits per heavy atom. The number of rotatable bonds is 6. The number of carbonyl (C=O) groups is 1. The molecule has 116 valence electrons. The number of carbonyl (C=O) groups excluding carboxylic acids is 1. The summed E-state index contributed by atoms with van der Waals surface area (Å²) in [5.74, 6) is 0.824. The van der Waals surface area contributed by atoms with Gasteiger partial charge in [-0.05, 0) is 57.8 Å². The molecule has 2 rings (SSSR count). The number of esters is 1. The van der Waals surface area contributed by atoms with Gasteiger partial charge in [0.25, 0.3) is 0 Å². The summed E-state index contributed by atoms with van der Waals surface area (Å²) in [4.78, 5) is 12.3. The van der Waals surface area contributed by atoms with E-state index in [1.807, 2.05) is 38.1 Å². The van der Waals surface area contributed by atoms with Gasteiger partial charge in [-0.3, -0.25) is 4.79 Å². The molecule has 1 aromatic carbocycles. The summed E-state index contributed by atoms with van der Waals surface area (Å²) in [6.45, 7) is 6.60. The molecule has 0 bridgehead atoms. The highest BCUT2D eigenvalue weighted by atomic mass is 16.5. The van der Waals surface area contributed by atoms with Crippen LogP contribution in [-0.2, 0) is 9.53 Å². The van der Waals surface area contributed by atoms with Gasteiger partial charge in [0.1, 0.15) is 5.75 Å². The fourth-order valence-corrected chi connectivity index (χ4v) is 2.82. The van der Waals surface area contributed by atoms with Crippen molar-refractivity contribution in [1.29, 1.82) is 0 Å². The summed E-state index contributed by atoms with van der Waals surface area (Å²) in [6.07, 6.45) is 2.35. The molecule has 0 aliphatic carbocycles. The second-order valence-electron chi connectivity index (χ2n) is 5.61. The molecule has 1 fully saturated rings. The number of ether oxygens (including phenoxy) is 2.